The zero-order chi connectivity index (χ0) is 18.6. The number of primary amides is 1. The summed E-state index contributed by atoms with van der Waals surface area (Å²) in [6.45, 7) is 1.36. The minimum atomic E-state index is -1.13. The third-order valence-electron chi connectivity index (χ3n) is 3.23. The summed E-state index contributed by atoms with van der Waals surface area (Å²) in [6.07, 6.45) is -1.13. The molecule has 2 aromatic rings. The van der Waals surface area contributed by atoms with Crippen LogP contribution < -0.4 is 15.8 Å². The molecular weight excluding hydrogens is 333 g/mol. The van der Waals surface area contributed by atoms with Crippen molar-refractivity contribution in [2.75, 3.05) is 5.32 Å². The molecule has 0 saturated heterocycles. The molecule has 0 bridgehead atoms. The van der Waals surface area contributed by atoms with Gasteiger partial charge in [0.1, 0.15) is 5.82 Å². The molecular formula is C16H14FN3O5. The van der Waals surface area contributed by atoms with Gasteiger partial charge in [0.25, 0.3) is 5.91 Å². The lowest BCUT2D eigenvalue weighted by Crippen LogP contribution is -2.30. The summed E-state index contributed by atoms with van der Waals surface area (Å²) in [7, 11) is 0. The molecule has 0 saturated carbocycles. The van der Waals surface area contributed by atoms with E-state index in [-0.39, 0.29) is 11.3 Å². The Balaban J connectivity index is 2.09. The number of nitrogens with two attached hydrogens (primary N) is 1. The topological polar surface area (TPSA) is 125 Å². The highest BCUT2D eigenvalue weighted by Crippen LogP contribution is 2.28. The van der Waals surface area contributed by atoms with Gasteiger partial charge in [0.2, 0.25) is 11.7 Å². The molecule has 0 heterocycles. The van der Waals surface area contributed by atoms with Crippen LogP contribution in [0.5, 0.6) is 5.75 Å². The number of anilines is 1. The van der Waals surface area contributed by atoms with E-state index in [1.54, 1.807) is 0 Å². The van der Waals surface area contributed by atoms with Crippen molar-refractivity contribution in [3.05, 3.63) is 64.0 Å². The maximum atomic E-state index is 13.3. The van der Waals surface area contributed by atoms with Crippen LogP contribution in [0.1, 0.15) is 17.3 Å². The normalized spacial score (nSPS) is 11.4. The third kappa shape index (κ3) is 4.50. The molecule has 9 heteroatoms. The van der Waals surface area contributed by atoms with Crippen molar-refractivity contribution >= 4 is 23.2 Å². The number of rotatable bonds is 6. The SMILES string of the molecule is C[C@@H](Oc1cc(F)ccc1[N+](=O)[O-])C(=O)Nc1ccc(C(N)=O)cc1. The van der Waals surface area contributed by atoms with E-state index in [9.17, 15) is 24.1 Å². The number of nitrogens with zero attached hydrogens (tertiary/aromatic N) is 1. The van der Waals surface area contributed by atoms with Crippen LogP contribution in [0.4, 0.5) is 15.8 Å². The van der Waals surface area contributed by atoms with E-state index in [1.165, 1.54) is 31.2 Å². The fraction of sp³-hybridized carbons (Fsp3) is 0.125. The van der Waals surface area contributed by atoms with E-state index >= 15 is 0 Å². The van der Waals surface area contributed by atoms with E-state index in [0.29, 0.717) is 5.69 Å². The summed E-state index contributed by atoms with van der Waals surface area (Å²) in [6, 6.07) is 8.52. The summed E-state index contributed by atoms with van der Waals surface area (Å²) in [5.74, 6) is -2.29. The lowest BCUT2D eigenvalue weighted by atomic mass is 10.2. The van der Waals surface area contributed by atoms with Crippen LogP contribution in [0.15, 0.2) is 42.5 Å². The van der Waals surface area contributed by atoms with Crippen molar-refractivity contribution in [2.45, 2.75) is 13.0 Å². The molecule has 0 fully saturated rings. The van der Waals surface area contributed by atoms with Gasteiger partial charge in [-0.05, 0) is 37.3 Å². The minimum Gasteiger partial charge on any atom is -0.474 e. The Hall–Kier alpha value is -3.49. The van der Waals surface area contributed by atoms with Crippen LogP contribution in [0.25, 0.3) is 0 Å². The number of nitro groups is 1. The molecule has 130 valence electrons. The minimum absolute atomic E-state index is 0.276. The molecule has 0 unspecified atom stereocenters. The molecule has 0 aromatic heterocycles. The molecule has 3 N–H and O–H groups in total. The molecule has 8 nitrogen and oxygen atoms in total. The number of nitrogens with one attached hydrogen (secondary N) is 1. The van der Waals surface area contributed by atoms with Crippen molar-refractivity contribution in [1.82, 2.24) is 0 Å². The first kappa shape index (κ1) is 17.9. The van der Waals surface area contributed by atoms with Gasteiger partial charge in [-0.2, -0.15) is 0 Å². The second-order valence-electron chi connectivity index (χ2n) is 5.06. The monoisotopic (exact) mass is 347 g/mol. The Morgan fingerprint density at radius 1 is 1.24 bits per heavy atom. The smallest absolute Gasteiger partial charge is 0.311 e. The first-order valence-corrected chi connectivity index (χ1v) is 7.09. The summed E-state index contributed by atoms with van der Waals surface area (Å²) < 4.78 is 18.5. The number of nitro benzene ring substituents is 1. The van der Waals surface area contributed by atoms with Crippen LogP contribution in [-0.2, 0) is 4.79 Å². The van der Waals surface area contributed by atoms with Gasteiger partial charge in [-0.1, -0.05) is 0 Å². The number of halogens is 1. The first-order chi connectivity index (χ1) is 11.8. The number of carbonyl (C=O) groups is 2. The van der Waals surface area contributed by atoms with Gasteiger partial charge in [0.15, 0.2) is 6.10 Å². The third-order valence-corrected chi connectivity index (χ3v) is 3.23. The summed E-state index contributed by atoms with van der Waals surface area (Å²) in [5, 5.41) is 13.4. The molecule has 1 atom stereocenters. The lowest BCUT2D eigenvalue weighted by molar-refractivity contribution is -0.386. The van der Waals surface area contributed by atoms with Gasteiger partial charge in [-0.15, -0.1) is 0 Å². The highest BCUT2D eigenvalue weighted by Gasteiger charge is 2.22. The Bertz CT molecular complexity index is 823. The molecule has 0 radical (unpaired) electrons. The summed E-state index contributed by atoms with van der Waals surface area (Å²) >= 11 is 0. The van der Waals surface area contributed by atoms with Crippen LogP contribution in [0.2, 0.25) is 0 Å². The van der Waals surface area contributed by atoms with Crippen molar-refractivity contribution < 1.29 is 23.6 Å². The van der Waals surface area contributed by atoms with E-state index in [1.807, 2.05) is 0 Å². The van der Waals surface area contributed by atoms with E-state index < -0.39 is 34.3 Å². The maximum absolute atomic E-state index is 13.3. The number of hydrogen-bond acceptors (Lipinski definition) is 5. The van der Waals surface area contributed by atoms with Crippen molar-refractivity contribution in [3.8, 4) is 5.75 Å². The van der Waals surface area contributed by atoms with Gasteiger partial charge >= 0.3 is 5.69 Å². The predicted molar refractivity (Wildman–Crippen MR) is 86.7 cm³/mol. The van der Waals surface area contributed by atoms with Gasteiger partial charge in [0, 0.05) is 23.4 Å². The number of carbonyl (C=O) groups excluding carboxylic acids is 2. The van der Waals surface area contributed by atoms with Crippen molar-refractivity contribution in [1.29, 1.82) is 0 Å². The number of amides is 2. The van der Waals surface area contributed by atoms with E-state index in [2.05, 4.69) is 5.32 Å². The standard InChI is InChI=1S/C16H14FN3O5/c1-9(25-14-8-11(17)4-7-13(14)20(23)24)16(22)19-12-5-2-10(3-6-12)15(18)21/h2-9H,1H3,(H2,18,21)(H,19,22)/t9-/m1/s1. The number of hydrogen-bond donors (Lipinski definition) is 2. The highest BCUT2D eigenvalue weighted by molar-refractivity contribution is 5.96. The maximum Gasteiger partial charge on any atom is 0.311 e. The Morgan fingerprint density at radius 3 is 2.44 bits per heavy atom. The summed E-state index contributed by atoms with van der Waals surface area (Å²) in [5.41, 5.74) is 5.32. The van der Waals surface area contributed by atoms with Gasteiger partial charge in [-0.3, -0.25) is 19.7 Å². The molecule has 25 heavy (non-hydrogen) atoms. The summed E-state index contributed by atoms with van der Waals surface area (Å²) in [4.78, 5) is 33.3. The fourth-order valence-corrected chi connectivity index (χ4v) is 1.94. The average molecular weight is 347 g/mol. The quantitative estimate of drug-likeness (QED) is 0.612. The fourth-order valence-electron chi connectivity index (χ4n) is 1.94. The van der Waals surface area contributed by atoms with Gasteiger partial charge in [-0.25, -0.2) is 4.39 Å². The highest BCUT2D eigenvalue weighted by atomic mass is 19.1. The second kappa shape index (κ2) is 7.39. The van der Waals surface area contributed by atoms with Crippen molar-refractivity contribution in [2.24, 2.45) is 5.73 Å². The van der Waals surface area contributed by atoms with Gasteiger partial charge in [0.05, 0.1) is 4.92 Å². The van der Waals surface area contributed by atoms with E-state index in [0.717, 1.165) is 18.2 Å². The van der Waals surface area contributed by atoms with Crippen LogP contribution in [0, 0.1) is 15.9 Å². The zero-order valence-electron chi connectivity index (χ0n) is 13.1. The van der Waals surface area contributed by atoms with Crippen molar-refractivity contribution in [3.63, 3.8) is 0 Å². The number of ether oxygens (including phenoxy) is 1. The van der Waals surface area contributed by atoms with E-state index in [4.69, 9.17) is 10.5 Å². The molecule has 2 rings (SSSR count). The van der Waals surface area contributed by atoms with Crippen LogP contribution in [-0.4, -0.2) is 22.8 Å². The lowest BCUT2D eigenvalue weighted by Gasteiger charge is -2.15. The molecule has 0 aliphatic heterocycles. The molecule has 0 spiro atoms. The first-order valence-electron chi connectivity index (χ1n) is 7.09. The predicted octanol–water partition coefficient (Wildman–Crippen LogP) is 2.24. The van der Waals surface area contributed by atoms with Crippen LogP contribution in [0.3, 0.4) is 0 Å². The Morgan fingerprint density at radius 2 is 1.88 bits per heavy atom. The van der Waals surface area contributed by atoms with Gasteiger partial charge < -0.3 is 15.8 Å². The Kier molecular flexibility index (Phi) is 5.28. The second-order valence-corrected chi connectivity index (χ2v) is 5.06. The number of benzene rings is 2. The largest absolute Gasteiger partial charge is 0.474 e. The molecule has 0 aliphatic rings. The molecule has 0 aliphatic carbocycles. The molecule has 2 amide bonds. The molecule has 2 aromatic carbocycles. The Labute approximate surface area is 141 Å². The zero-order valence-corrected chi connectivity index (χ0v) is 13.1. The van der Waals surface area contributed by atoms with Crippen LogP contribution >= 0.6 is 0 Å². The average Bonchev–Trinajstić information content (AvgIpc) is 2.55.